The van der Waals surface area contributed by atoms with Crippen molar-refractivity contribution >= 4 is 34.6 Å². The monoisotopic (exact) mass is 347 g/mol. The molecule has 0 aliphatic carbocycles. The predicted molar refractivity (Wildman–Crippen MR) is 94.2 cm³/mol. The molecule has 0 bridgehead atoms. The Hall–Kier alpha value is -1.95. The standard InChI is InChI=1S/C18H21NO4S/c1-11-4-5-14-13(10-23-17(14)12(11)2)8-16(20)19-6-7-24-15(9-19)18(21)22-3/h4-5,10,15H,6-9H2,1-3H3/t15-/m1/s1. The van der Waals surface area contributed by atoms with Crippen LogP contribution in [0.4, 0.5) is 0 Å². The van der Waals surface area contributed by atoms with Crippen LogP contribution in [0.15, 0.2) is 22.8 Å². The number of amides is 1. The van der Waals surface area contributed by atoms with Gasteiger partial charge in [0.25, 0.3) is 0 Å². The number of fused-ring (bicyclic) bond motifs is 1. The van der Waals surface area contributed by atoms with Gasteiger partial charge in [0.05, 0.1) is 19.8 Å². The summed E-state index contributed by atoms with van der Waals surface area (Å²) < 4.78 is 10.5. The first kappa shape index (κ1) is 16.9. The van der Waals surface area contributed by atoms with E-state index in [2.05, 4.69) is 0 Å². The first-order chi connectivity index (χ1) is 11.5. The van der Waals surface area contributed by atoms with Crippen LogP contribution >= 0.6 is 11.8 Å². The summed E-state index contributed by atoms with van der Waals surface area (Å²) in [6.45, 7) is 5.13. The summed E-state index contributed by atoms with van der Waals surface area (Å²) in [7, 11) is 1.38. The number of rotatable bonds is 3. The normalized spacial score (nSPS) is 18.0. The highest BCUT2D eigenvalue weighted by atomic mass is 32.2. The van der Waals surface area contributed by atoms with E-state index in [9.17, 15) is 9.59 Å². The lowest BCUT2D eigenvalue weighted by atomic mass is 10.0. The second-order valence-electron chi connectivity index (χ2n) is 6.04. The summed E-state index contributed by atoms with van der Waals surface area (Å²) in [5, 5.41) is 0.695. The molecule has 1 atom stereocenters. The molecule has 24 heavy (non-hydrogen) atoms. The van der Waals surface area contributed by atoms with Gasteiger partial charge in [-0.2, -0.15) is 0 Å². The average molecular weight is 347 g/mol. The SMILES string of the molecule is COC(=O)[C@H]1CN(C(=O)Cc2coc3c(C)c(C)ccc23)CCS1. The Balaban J connectivity index is 1.75. The van der Waals surface area contributed by atoms with Gasteiger partial charge in [0.2, 0.25) is 5.91 Å². The molecule has 1 aliphatic heterocycles. The lowest BCUT2D eigenvalue weighted by molar-refractivity contribution is -0.141. The third kappa shape index (κ3) is 3.15. The van der Waals surface area contributed by atoms with E-state index in [0.29, 0.717) is 13.1 Å². The number of carbonyl (C=O) groups excluding carboxylic acids is 2. The predicted octanol–water partition coefficient (Wildman–Crippen LogP) is 2.71. The van der Waals surface area contributed by atoms with Crippen molar-refractivity contribution in [2.24, 2.45) is 0 Å². The Morgan fingerprint density at radius 2 is 2.17 bits per heavy atom. The van der Waals surface area contributed by atoms with Gasteiger partial charge in [-0.15, -0.1) is 11.8 Å². The summed E-state index contributed by atoms with van der Waals surface area (Å²) in [5.41, 5.74) is 4.01. The fourth-order valence-corrected chi connectivity index (χ4v) is 4.08. The van der Waals surface area contributed by atoms with E-state index in [-0.39, 0.29) is 23.5 Å². The smallest absolute Gasteiger partial charge is 0.320 e. The summed E-state index contributed by atoms with van der Waals surface area (Å²) >= 11 is 1.54. The first-order valence-electron chi connectivity index (χ1n) is 7.94. The molecule has 1 fully saturated rings. The number of hydrogen-bond donors (Lipinski definition) is 0. The largest absolute Gasteiger partial charge is 0.468 e. The van der Waals surface area contributed by atoms with E-state index in [0.717, 1.165) is 27.8 Å². The molecule has 1 amide bonds. The van der Waals surface area contributed by atoms with Crippen molar-refractivity contribution in [3.8, 4) is 0 Å². The number of methoxy groups -OCH3 is 1. The number of benzene rings is 1. The molecule has 1 aliphatic rings. The van der Waals surface area contributed by atoms with Crippen molar-refractivity contribution < 1.29 is 18.7 Å². The fourth-order valence-electron chi connectivity index (χ4n) is 2.95. The summed E-state index contributed by atoms with van der Waals surface area (Å²) in [5.74, 6) is 0.498. The average Bonchev–Trinajstić information content (AvgIpc) is 3.01. The topological polar surface area (TPSA) is 59.8 Å². The summed E-state index contributed by atoms with van der Waals surface area (Å²) in [6.07, 6.45) is 1.96. The molecule has 5 nitrogen and oxygen atoms in total. The van der Waals surface area contributed by atoms with Crippen molar-refractivity contribution in [1.82, 2.24) is 4.90 Å². The molecule has 6 heteroatoms. The van der Waals surface area contributed by atoms with Crippen LogP contribution in [-0.2, 0) is 20.7 Å². The molecule has 2 heterocycles. The Morgan fingerprint density at radius 1 is 1.38 bits per heavy atom. The molecule has 1 saturated heterocycles. The molecule has 0 N–H and O–H groups in total. The van der Waals surface area contributed by atoms with Gasteiger partial charge < -0.3 is 14.1 Å². The first-order valence-corrected chi connectivity index (χ1v) is 8.99. The van der Waals surface area contributed by atoms with E-state index >= 15 is 0 Å². The van der Waals surface area contributed by atoms with Crippen LogP contribution in [0.1, 0.15) is 16.7 Å². The fraction of sp³-hybridized carbons (Fsp3) is 0.444. The number of hydrogen-bond acceptors (Lipinski definition) is 5. The molecular formula is C18H21NO4S. The molecule has 3 rings (SSSR count). The number of esters is 1. The minimum absolute atomic E-state index is 0.0186. The second kappa shape index (κ2) is 6.89. The van der Waals surface area contributed by atoms with Gasteiger partial charge in [0.15, 0.2) is 0 Å². The Morgan fingerprint density at radius 3 is 2.92 bits per heavy atom. The second-order valence-corrected chi connectivity index (χ2v) is 7.35. The van der Waals surface area contributed by atoms with Crippen LogP contribution in [0, 0.1) is 13.8 Å². The molecule has 1 aromatic carbocycles. The van der Waals surface area contributed by atoms with Gasteiger partial charge in [0.1, 0.15) is 10.8 Å². The maximum absolute atomic E-state index is 12.6. The number of aryl methyl sites for hydroxylation is 2. The van der Waals surface area contributed by atoms with Crippen molar-refractivity contribution in [2.45, 2.75) is 25.5 Å². The minimum atomic E-state index is -0.293. The molecule has 0 spiro atoms. The van der Waals surface area contributed by atoms with Gasteiger partial charge in [-0.3, -0.25) is 9.59 Å². The van der Waals surface area contributed by atoms with Gasteiger partial charge in [-0.25, -0.2) is 0 Å². The van der Waals surface area contributed by atoms with Gasteiger partial charge in [0, 0.05) is 29.8 Å². The maximum atomic E-state index is 12.6. The third-order valence-electron chi connectivity index (χ3n) is 4.57. The number of thioether (sulfide) groups is 1. The highest BCUT2D eigenvalue weighted by Gasteiger charge is 2.30. The molecular weight excluding hydrogens is 326 g/mol. The number of furan rings is 1. The van der Waals surface area contributed by atoms with Crippen LogP contribution in [0.5, 0.6) is 0 Å². The van der Waals surface area contributed by atoms with E-state index in [1.165, 1.54) is 12.7 Å². The number of nitrogens with zero attached hydrogens (tertiary/aromatic N) is 1. The van der Waals surface area contributed by atoms with Gasteiger partial charge in [-0.1, -0.05) is 12.1 Å². The van der Waals surface area contributed by atoms with Gasteiger partial charge >= 0.3 is 5.97 Å². The zero-order chi connectivity index (χ0) is 17.3. The maximum Gasteiger partial charge on any atom is 0.320 e. The van der Waals surface area contributed by atoms with Crippen molar-refractivity contribution in [3.63, 3.8) is 0 Å². The van der Waals surface area contributed by atoms with Crippen molar-refractivity contribution in [1.29, 1.82) is 0 Å². The third-order valence-corrected chi connectivity index (χ3v) is 5.73. The zero-order valence-electron chi connectivity index (χ0n) is 14.1. The number of ether oxygens (including phenoxy) is 1. The van der Waals surface area contributed by atoms with Crippen molar-refractivity contribution in [2.75, 3.05) is 26.0 Å². The molecule has 0 radical (unpaired) electrons. The highest BCUT2D eigenvalue weighted by molar-refractivity contribution is 8.00. The van der Waals surface area contributed by atoms with E-state index in [1.807, 2.05) is 26.0 Å². The Labute approximate surface area is 145 Å². The number of carbonyl (C=O) groups is 2. The van der Waals surface area contributed by atoms with E-state index in [1.54, 1.807) is 22.9 Å². The van der Waals surface area contributed by atoms with Crippen LogP contribution in [-0.4, -0.2) is 48.0 Å². The zero-order valence-corrected chi connectivity index (χ0v) is 14.9. The van der Waals surface area contributed by atoms with Crippen molar-refractivity contribution in [3.05, 3.63) is 35.1 Å². The van der Waals surface area contributed by atoms with E-state index in [4.69, 9.17) is 9.15 Å². The molecule has 0 unspecified atom stereocenters. The van der Waals surface area contributed by atoms with Gasteiger partial charge in [-0.05, 0) is 25.0 Å². The lowest BCUT2D eigenvalue weighted by Crippen LogP contribution is -2.45. The lowest BCUT2D eigenvalue weighted by Gasteiger charge is -2.31. The van der Waals surface area contributed by atoms with E-state index < -0.39 is 0 Å². The van der Waals surface area contributed by atoms with Crippen LogP contribution in [0.3, 0.4) is 0 Å². The highest BCUT2D eigenvalue weighted by Crippen LogP contribution is 2.27. The van der Waals surface area contributed by atoms with Crippen LogP contribution in [0.2, 0.25) is 0 Å². The molecule has 128 valence electrons. The minimum Gasteiger partial charge on any atom is -0.468 e. The Kier molecular flexibility index (Phi) is 4.85. The summed E-state index contributed by atoms with van der Waals surface area (Å²) in [6, 6.07) is 4.05. The molecule has 1 aromatic heterocycles. The van der Waals surface area contributed by atoms with Crippen LogP contribution in [0.25, 0.3) is 11.0 Å². The Bertz CT molecular complexity index is 783. The molecule has 0 saturated carbocycles. The quantitative estimate of drug-likeness (QED) is 0.799. The summed E-state index contributed by atoms with van der Waals surface area (Å²) in [4.78, 5) is 26.1. The van der Waals surface area contributed by atoms with Crippen LogP contribution < -0.4 is 0 Å². The molecule has 2 aromatic rings.